The van der Waals surface area contributed by atoms with Crippen LogP contribution in [-0.4, -0.2) is 32.3 Å². The molecule has 6 heteroatoms. The van der Waals surface area contributed by atoms with Gasteiger partial charge >= 0.3 is 6.09 Å². The maximum atomic E-state index is 10.7. The maximum absolute atomic E-state index is 10.7. The lowest BCUT2D eigenvalue weighted by Crippen LogP contribution is -2.38. The summed E-state index contributed by atoms with van der Waals surface area (Å²) in [4.78, 5) is 10.7. The lowest BCUT2D eigenvalue weighted by Gasteiger charge is -2.25. The predicted octanol–water partition coefficient (Wildman–Crippen LogP) is 0.257. The molecule has 1 atom stereocenters. The Morgan fingerprint density at radius 1 is 1.64 bits per heavy atom. The van der Waals surface area contributed by atoms with E-state index in [0.717, 1.165) is 7.11 Å². The van der Waals surface area contributed by atoms with Gasteiger partial charge in [0.2, 0.25) is 0 Å². The van der Waals surface area contributed by atoms with Crippen molar-refractivity contribution in [2.75, 3.05) is 7.11 Å². The van der Waals surface area contributed by atoms with Crippen LogP contribution in [0, 0.1) is 0 Å². The zero-order valence-electron chi connectivity index (χ0n) is 6.57. The van der Waals surface area contributed by atoms with Crippen LogP contribution in [0.25, 0.3) is 0 Å². The minimum Gasteiger partial charge on any atom is -0.755 e. The molecule has 0 saturated carbocycles. The summed E-state index contributed by atoms with van der Waals surface area (Å²) in [5.41, 5.74) is 0. The number of carbonyl (C=O) groups is 1. The highest BCUT2D eigenvalue weighted by Crippen LogP contribution is 2.02. The third-order valence-electron chi connectivity index (χ3n) is 0.984. The SMILES string of the molecule is COC(=O)N(C(C)C)S(=O)[O-]. The molecule has 11 heavy (non-hydrogen) atoms. The van der Waals surface area contributed by atoms with E-state index in [1.54, 1.807) is 13.8 Å². The van der Waals surface area contributed by atoms with Crippen LogP contribution in [0.4, 0.5) is 4.79 Å². The largest absolute Gasteiger partial charge is 0.755 e. The first-order chi connectivity index (χ1) is 5.00. The smallest absolute Gasteiger partial charge is 0.420 e. The topological polar surface area (TPSA) is 69.7 Å². The molecule has 0 bridgehead atoms. The second-order valence-corrected chi connectivity index (χ2v) is 2.93. The van der Waals surface area contributed by atoms with Crippen LogP contribution >= 0.6 is 0 Å². The Labute approximate surface area is 67.7 Å². The number of ether oxygens (including phenoxy) is 1. The summed E-state index contributed by atoms with van der Waals surface area (Å²) >= 11 is -2.55. The lowest BCUT2D eigenvalue weighted by atomic mass is 10.4. The molecule has 1 amide bonds. The number of hydrogen-bond donors (Lipinski definition) is 0. The molecule has 0 aliphatic heterocycles. The Morgan fingerprint density at radius 3 is 2.18 bits per heavy atom. The standard InChI is InChI=1S/C5H11NO4S/c1-4(2)6(11(8)9)5(7)10-3/h4H,1-3H3,(H,8,9)/p-1. The summed E-state index contributed by atoms with van der Waals surface area (Å²) in [6.07, 6.45) is -0.867. The van der Waals surface area contributed by atoms with Gasteiger partial charge in [-0.25, -0.2) is 9.10 Å². The van der Waals surface area contributed by atoms with Crippen molar-refractivity contribution in [2.45, 2.75) is 19.9 Å². The summed E-state index contributed by atoms with van der Waals surface area (Å²) in [6, 6.07) is -0.416. The van der Waals surface area contributed by atoms with E-state index in [0.29, 0.717) is 4.31 Å². The molecular formula is C5H10NO4S-. The molecule has 0 saturated heterocycles. The van der Waals surface area contributed by atoms with E-state index in [2.05, 4.69) is 4.74 Å². The predicted molar refractivity (Wildman–Crippen MR) is 38.3 cm³/mol. The Kier molecular flexibility index (Phi) is 4.06. The van der Waals surface area contributed by atoms with Crippen LogP contribution in [0.2, 0.25) is 0 Å². The first-order valence-corrected chi connectivity index (χ1v) is 4.00. The molecule has 0 aromatic carbocycles. The van der Waals surface area contributed by atoms with Crippen LogP contribution < -0.4 is 0 Å². The number of carbonyl (C=O) groups excluding carboxylic acids is 1. The Hall–Kier alpha value is -0.620. The van der Waals surface area contributed by atoms with Gasteiger partial charge in [-0.15, -0.1) is 0 Å². The van der Waals surface area contributed by atoms with Crippen molar-refractivity contribution in [3.05, 3.63) is 0 Å². The Balaban J connectivity index is 4.34. The molecular weight excluding hydrogens is 170 g/mol. The molecule has 0 aromatic rings. The van der Waals surface area contributed by atoms with Gasteiger partial charge in [-0.1, -0.05) is 0 Å². The number of hydrogen-bond acceptors (Lipinski definition) is 4. The van der Waals surface area contributed by atoms with Crippen LogP contribution in [0.15, 0.2) is 0 Å². The third kappa shape index (κ3) is 2.85. The van der Waals surface area contributed by atoms with E-state index in [1.807, 2.05) is 0 Å². The van der Waals surface area contributed by atoms with E-state index >= 15 is 0 Å². The average Bonchev–Trinajstić information content (AvgIpc) is 1.85. The van der Waals surface area contributed by atoms with Gasteiger partial charge in [0, 0.05) is 6.04 Å². The van der Waals surface area contributed by atoms with E-state index in [4.69, 9.17) is 0 Å². The summed E-state index contributed by atoms with van der Waals surface area (Å²) in [7, 11) is 1.13. The van der Waals surface area contributed by atoms with Crippen molar-refractivity contribution < 1.29 is 18.3 Å². The first-order valence-electron chi connectivity index (χ1n) is 2.97. The fourth-order valence-corrected chi connectivity index (χ4v) is 1.07. The molecule has 0 aliphatic carbocycles. The molecule has 0 heterocycles. The van der Waals surface area contributed by atoms with E-state index < -0.39 is 23.4 Å². The van der Waals surface area contributed by atoms with Gasteiger partial charge in [-0.2, -0.15) is 0 Å². The number of rotatable bonds is 2. The molecule has 5 nitrogen and oxygen atoms in total. The monoisotopic (exact) mass is 180 g/mol. The highest BCUT2D eigenvalue weighted by atomic mass is 32.2. The molecule has 0 radical (unpaired) electrons. The highest BCUT2D eigenvalue weighted by Gasteiger charge is 2.17. The Bertz CT molecular complexity index is 170. The van der Waals surface area contributed by atoms with Crippen molar-refractivity contribution in [1.29, 1.82) is 0 Å². The third-order valence-corrected chi connectivity index (χ3v) is 1.88. The van der Waals surface area contributed by atoms with Crippen molar-refractivity contribution in [3.8, 4) is 0 Å². The van der Waals surface area contributed by atoms with Crippen LogP contribution in [-0.2, 0) is 16.0 Å². The van der Waals surface area contributed by atoms with Crippen LogP contribution in [0.1, 0.15) is 13.8 Å². The Morgan fingerprint density at radius 2 is 2.09 bits per heavy atom. The van der Waals surface area contributed by atoms with Crippen molar-refractivity contribution in [3.63, 3.8) is 0 Å². The molecule has 0 fully saturated rings. The van der Waals surface area contributed by atoms with Crippen LogP contribution in [0.5, 0.6) is 0 Å². The van der Waals surface area contributed by atoms with Crippen molar-refractivity contribution in [2.24, 2.45) is 0 Å². The van der Waals surface area contributed by atoms with Gasteiger partial charge in [-0.3, -0.25) is 4.21 Å². The van der Waals surface area contributed by atoms with Gasteiger partial charge in [0.15, 0.2) is 0 Å². The molecule has 1 unspecified atom stereocenters. The first kappa shape index (κ1) is 10.4. The van der Waals surface area contributed by atoms with Gasteiger partial charge in [0.25, 0.3) is 0 Å². The fourth-order valence-electron chi connectivity index (χ4n) is 0.534. The van der Waals surface area contributed by atoms with E-state index in [-0.39, 0.29) is 0 Å². The van der Waals surface area contributed by atoms with E-state index in [9.17, 15) is 13.6 Å². The number of methoxy groups -OCH3 is 1. The molecule has 0 N–H and O–H groups in total. The van der Waals surface area contributed by atoms with Gasteiger partial charge in [0.1, 0.15) is 0 Å². The van der Waals surface area contributed by atoms with Gasteiger partial charge in [-0.05, 0) is 13.8 Å². The molecule has 0 aliphatic rings. The number of amides is 1. The zero-order chi connectivity index (χ0) is 9.02. The summed E-state index contributed by atoms with van der Waals surface area (Å²) < 4.78 is 25.6. The van der Waals surface area contributed by atoms with Crippen molar-refractivity contribution >= 4 is 17.4 Å². The lowest BCUT2D eigenvalue weighted by molar-refractivity contribution is 0.141. The molecule has 0 rings (SSSR count). The molecule has 66 valence electrons. The molecule has 0 spiro atoms. The second kappa shape index (κ2) is 4.30. The quantitative estimate of drug-likeness (QED) is 0.571. The molecule has 0 aromatic heterocycles. The highest BCUT2D eigenvalue weighted by molar-refractivity contribution is 7.77. The van der Waals surface area contributed by atoms with Crippen LogP contribution in [0.3, 0.4) is 0 Å². The maximum Gasteiger partial charge on any atom is 0.420 e. The zero-order valence-corrected chi connectivity index (χ0v) is 7.38. The number of nitrogens with zero attached hydrogens (tertiary/aromatic N) is 1. The fraction of sp³-hybridized carbons (Fsp3) is 0.800. The summed E-state index contributed by atoms with van der Waals surface area (Å²) in [6.45, 7) is 3.15. The van der Waals surface area contributed by atoms with E-state index in [1.165, 1.54) is 0 Å². The van der Waals surface area contributed by atoms with Gasteiger partial charge in [0.05, 0.1) is 18.4 Å². The summed E-state index contributed by atoms with van der Waals surface area (Å²) in [5.74, 6) is 0. The minimum absolute atomic E-state index is 0.416. The normalized spacial score (nSPS) is 12.8. The minimum atomic E-state index is -2.55. The van der Waals surface area contributed by atoms with Gasteiger partial charge < -0.3 is 9.29 Å². The average molecular weight is 180 g/mol. The van der Waals surface area contributed by atoms with Crippen molar-refractivity contribution in [1.82, 2.24) is 4.31 Å². The second-order valence-electron chi connectivity index (χ2n) is 2.11. The summed E-state index contributed by atoms with van der Waals surface area (Å²) in [5, 5.41) is 0.